The van der Waals surface area contributed by atoms with E-state index < -0.39 is 0 Å². The molecule has 0 atom stereocenters. The fraction of sp³-hybridized carbons (Fsp3) is 0.357. The molecule has 1 N–H and O–H groups in total. The number of nitrogens with one attached hydrogen (secondary N) is 1. The van der Waals surface area contributed by atoms with Crippen LogP contribution < -0.4 is 19.5 Å². The summed E-state index contributed by atoms with van der Waals surface area (Å²) in [5, 5.41) is 4.04. The summed E-state index contributed by atoms with van der Waals surface area (Å²) >= 11 is 0. The van der Waals surface area contributed by atoms with Crippen LogP contribution in [0.1, 0.15) is 5.69 Å². The van der Waals surface area contributed by atoms with Gasteiger partial charge in [0.25, 0.3) is 0 Å². The van der Waals surface area contributed by atoms with Crippen LogP contribution in [-0.2, 0) is 0 Å². The third-order valence-electron chi connectivity index (χ3n) is 3.00. The molecule has 1 aromatic carbocycles. The molecular formula is C14H18N2O3. The third-order valence-corrected chi connectivity index (χ3v) is 3.00. The van der Waals surface area contributed by atoms with Gasteiger partial charge in [-0.2, -0.15) is 0 Å². The van der Waals surface area contributed by atoms with Gasteiger partial charge in [0.15, 0.2) is 11.5 Å². The number of ether oxygens (including phenoxy) is 3. The average Bonchev–Trinajstić information content (AvgIpc) is 2.43. The molecule has 0 aliphatic heterocycles. The smallest absolute Gasteiger partial charge is 0.204 e. The van der Waals surface area contributed by atoms with Crippen molar-refractivity contribution in [2.75, 3.05) is 33.7 Å². The lowest BCUT2D eigenvalue weighted by Gasteiger charge is -2.17. The topological polar surface area (TPSA) is 52.6 Å². The molecule has 102 valence electrons. The first kappa shape index (κ1) is 13.3. The number of benzene rings is 1. The first-order chi connectivity index (χ1) is 9.15. The Bertz CT molecular complexity index is 611. The zero-order valence-electron chi connectivity index (χ0n) is 11.8. The number of methoxy groups -OCH3 is 3. The molecule has 5 nitrogen and oxygen atoms in total. The molecule has 0 radical (unpaired) electrons. The average molecular weight is 262 g/mol. The largest absolute Gasteiger partial charge is 0.493 e. The number of aryl methyl sites for hydroxylation is 1. The number of nitrogens with zero attached hydrogens (tertiary/aromatic N) is 1. The molecule has 0 aliphatic carbocycles. The Kier molecular flexibility index (Phi) is 3.64. The summed E-state index contributed by atoms with van der Waals surface area (Å²) in [5.41, 5.74) is 2.67. The zero-order valence-corrected chi connectivity index (χ0v) is 11.8. The van der Waals surface area contributed by atoms with Crippen molar-refractivity contribution in [1.82, 2.24) is 4.98 Å². The van der Waals surface area contributed by atoms with Gasteiger partial charge >= 0.3 is 0 Å². The zero-order chi connectivity index (χ0) is 14.0. The predicted molar refractivity (Wildman–Crippen MR) is 75.7 cm³/mol. The second-order valence-electron chi connectivity index (χ2n) is 4.10. The van der Waals surface area contributed by atoms with Crippen LogP contribution in [0, 0.1) is 6.92 Å². The second-order valence-corrected chi connectivity index (χ2v) is 4.10. The normalized spacial score (nSPS) is 10.4. The fourth-order valence-electron chi connectivity index (χ4n) is 2.19. The highest BCUT2D eigenvalue weighted by Gasteiger charge is 2.19. The number of anilines is 1. The van der Waals surface area contributed by atoms with Crippen LogP contribution in [-0.4, -0.2) is 33.4 Å². The van der Waals surface area contributed by atoms with Crippen molar-refractivity contribution in [2.24, 2.45) is 0 Å². The summed E-state index contributed by atoms with van der Waals surface area (Å²) in [7, 11) is 6.66. The van der Waals surface area contributed by atoms with Crippen molar-refractivity contribution >= 4 is 16.6 Å². The SMILES string of the molecule is CNc1cc(C)nc2cc(OC)c(OC)c(OC)c12. The molecule has 19 heavy (non-hydrogen) atoms. The number of hydrogen-bond acceptors (Lipinski definition) is 5. The van der Waals surface area contributed by atoms with Crippen LogP contribution in [0.4, 0.5) is 5.69 Å². The summed E-state index contributed by atoms with van der Waals surface area (Å²) in [4.78, 5) is 4.52. The predicted octanol–water partition coefficient (Wildman–Crippen LogP) is 2.61. The maximum Gasteiger partial charge on any atom is 0.204 e. The second kappa shape index (κ2) is 5.22. The van der Waals surface area contributed by atoms with Crippen molar-refractivity contribution in [2.45, 2.75) is 6.92 Å². The Morgan fingerprint density at radius 2 is 1.68 bits per heavy atom. The minimum absolute atomic E-state index is 0.569. The van der Waals surface area contributed by atoms with Gasteiger partial charge in [0, 0.05) is 24.5 Å². The number of fused-ring (bicyclic) bond motifs is 1. The highest BCUT2D eigenvalue weighted by atomic mass is 16.5. The summed E-state index contributed by atoms with van der Waals surface area (Å²) in [6.45, 7) is 1.95. The Balaban J connectivity index is 2.92. The van der Waals surface area contributed by atoms with E-state index in [1.165, 1.54) is 0 Å². The van der Waals surface area contributed by atoms with Gasteiger partial charge in [0.05, 0.1) is 32.2 Å². The molecule has 0 spiro atoms. The standard InChI is InChI=1S/C14H18N2O3/c1-8-6-9(15-2)12-10(16-8)7-11(17-3)13(18-4)14(12)19-5/h6-7H,1-5H3,(H,15,16). The molecule has 0 amide bonds. The summed E-state index contributed by atoms with van der Waals surface area (Å²) in [6, 6.07) is 3.82. The molecule has 1 heterocycles. The molecule has 5 heteroatoms. The first-order valence-corrected chi connectivity index (χ1v) is 5.94. The lowest BCUT2D eigenvalue weighted by molar-refractivity contribution is 0.327. The molecule has 0 saturated carbocycles. The maximum absolute atomic E-state index is 5.49. The lowest BCUT2D eigenvalue weighted by Crippen LogP contribution is -2.00. The third kappa shape index (κ3) is 2.12. The highest BCUT2D eigenvalue weighted by Crippen LogP contribution is 2.45. The van der Waals surface area contributed by atoms with E-state index in [-0.39, 0.29) is 0 Å². The van der Waals surface area contributed by atoms with Crippen molar-refractivity contribution in [3.05, 3.63) is 17.8 Å². The van der Waals surface area contributed by atoms with Gasteiger partial charge in [-0.1, -0.05) is 0 Å². The quantitative estimate of drug-likeness (QED) is 0.918. The minimum Gasteiger partial charge on any atom is -0.493 e. The van der Waals surface area contributed by atoms with Crippen LogP contribution in [0.2, 0.25) is 0 Å². The van der Waals surface area contributed by atoms with Gasteiger partial charge in [-0.15, -0.1) is 0 Å². The Morgan fingerprint density at radius 3 is 2.21 bits per heavy atom. The molecule has 0 fully saturated rings. The van der Waals surface area contributed by atoms with Gasteiger partial charge in [-0.3, -0.25) is 4.98 Å². The molecule has 2 rings (SSSR count). The van der Waals surface area contributed by atoms with E-state index in [4.69, 9.17) is 14.2 Å². The van der Waals surface area contributed by atoms with Gasteiger partial charge in [0.1, 0.15) is 0 Å². The van der Waals surface area contributed by atoms with Crippen molar-refractivity contribution < 1.29 is 14.2 Å². The fourth-order valence-corrected chi connectivity index (χ4v) is 2.19. The molecule has 2 aromatic rings. The van der Waals surface area contributed by atoms with Gasteiger partial charge in [-0.25, -0.2) is 0 Å². The first-order valence-electron chi connectivity index (χ1n) is 5.94. The van der Waals surface area contributed by atoms with Crippen LogP contribution in [0.15, 0.2) is 12.1 Å². The Morgan fingerprint density at radius 1 is 1.00 bits per heavy atom. The van der Waals surface area contributed by atoms with Crippen LogP contribution in [0.3, 0.4) is 0 Å². The van der Waals surface area contributed by atoms with E-state index in [1.807, 2.05) is 26.1 Å². The number of hydrogen-bond donors (Lipinski definition) is 1. The van der Waals surface area contributed by atoms with Gasteiger partial charge < -0.3 is 19.5 Å². The summed E-state index contributed by atoms with van der Waals surface area (Å²) < 4.78 is 16.2. The highest BCUT2D eigenvalue weighted by molar-refractivity contribution is 6.00. The minimum atomic E-state index is 0.569. The van der Waals surface area contributed by atoms with Crippen LogP contribution in [0.25, 0.3) is 10.9 Å². The Labute approximate surface area is 112 Å². The van der Waals surface area contributed by atoms with Gasteiger partial charge in [-0.05, 0) is 13.0 Å². The van der Waals surface area contributed by atoms with E-state index in [1.54, 1.807) is 21.3 Å². The molecule has 0 bridgehead atoms. The molecule has 0 aliphatic rings. The van der Waals surface area contributed by atoms with Crippen molar-refractivity contribution in [3.8, 4) is 17.2 Å². The molecule has 0 unspecified atom stereocenters. The number of rotatable bonds is 4. The lowest BCUT2D eigenvalue weighted by atomic mass is 10.1. The van der Waals surface area contributed by atoms with Crippen LogP contribution >= 0.6 is 0 Å². The molecular weight excluding hydrogens is 244 g/mol. The summed E-state index contributed by atoms with van der Waals surface area (Å²) in [5.74, 6) is 1.79. The van der Waals surface area contributed by atoms with Crippen LogP contribution in [0.5, 0.6) is 17.2 Å². The van der Waals surface area contributed by atoms with E-state index in [9.17, 15) is 0 Å². The van der Waals surface area contributed by atoms with E-state index in [0.29, 0.717) is 17.2 Å². The van der Waals surface area contributed by atoms with Gasteiger partial charge in [0.2, 0.25) is 5.75 Å². The number of pyridine rings is 1. The van der Waals surface area contributed by atoms with E-state index in [0.717, 1.165) is 22.3 Å². The van der Waals surface area contributed by atoms with E-state index in [2.05, 4.69) is 10.3 Å². The van der Waals surface area contributed by atoms with Crippen molar-refractivity contribution in [3.63, 3.8) is 0 Å². The number of aromatic nitrogens is 1. The summed E-state index contributed by atoms with van der Waals surface area (Å²) in [6.07, 6.45) is 0. The molecule has 0 saturated heterocycles. The monoisotopic (exact) mass is 262 g/mol. The maximum atomic E-state index is 5.49. The Hall–Kier alpha value is -2.17. The van der Waals surface area contributed by atoms with E-state index >= 15 is 0 Å². The van der Waals surface area contributed by atoms with Crippen molar-refractivity contribution in [1.29, 1.82) is 0 Å². The molecule has 1 aromatic heterocycles.